The molecule has 0 spiro atoms. The molecule has 1 aromatic heterocycles. The molecule has 0 bridgehead atoms. The molecule has 0 unspecified atom stereocenters. The lowest BCUT2D eigenvalue weighted by Crippen LogP contribution is -2.44. The van der Waals surface area contributed by atoms with Gasteiger partial charge in [-0.2, -0.15) is 5.26 Å². The molecule has 0 aliphatic carbocycles. The van der Waals surface area contributed by atoms with Gasteiger partial charge in [-0.15, -0.1) is 0 Å². The highest BCUT2D eigenvalue weighted by molar-refractivity contribution is 5.98. The molecule has 2 aliphatic heterocycles. The number of methoxy groups -OCH3 is 2. The topological polar surface area (TPSA) is 101 Å². The molecule has 3 heterocycles. The SMILES string of the molecule is COCC#Cc1ccc(Nc2c(C#N)cnc3cc(OCCCN4CCN(C)CC4)c(OC)cc23)c2c1OCO2. The number of nitrogens with zero attached hydrogens (tertiary/aromatic N) is 4. The lowest BCUT2D eigenvalue weighted by Gasteiger charge is -2.32. The Morgan fingerprint density at radius 3 is 2.65 bits per heavy atom. The standard InChI is InChI=1S/C30H33N5O5/c1-34-10-12-35(13-11-34)9-5-15-38-27-17-25-23(16-26(27)37-3)28(22(18-31)19-32-25)33-24-8-7-21(6-4-14-36-2)29-30(24)40-20-39-29/h7-8,16-17,19H,5,9-15,20H2,1-3H3,(H,32,33). The lowest BCUT2D eigenvalue weighted by molar-refractivity contribution is 0.145. The van der Waals surface area contributed by atoms with E-state index in [2.05, 4.69) is 45.1 Å². The van der Waals surface area contributed by atoms with Crippen LogP contribution in [0.4, 0.5) is 11.4 Å². The van der Waals surface area contributed by atoms with Crippen LogP contribution in [0.3, 0.4) is 0 Å². The van der Waals surface area contributed by atoms with Gasteiger partial charge < -0.3 is 38.8 Å². The summed E-state index contributed by atoms with van der Waals surface area (Å²) < 4.78 is 28.3. The molecule has 0 amide bonds. The number of hydrogen-bond acceptors (Lipinski definition) is 10. The number of nitriles is 1. The maximum Gasteiger partial charge on any atom is 0.231 e. The number of piperazine rings is 1. The number of pyridine rings is 1. The Morgan fingerprint density at radius 1 is 1.05 bits per heavy atom. The zero-order valence-corrected chi connectivity index (χ0v) is 23.1. The van der Waals surface area contributed by atoms with Crippen LogP contribution in [0.15, 0.2) is 30.5 Å². The first-order valence-corrected chi connectivity index (χ1v) is 13.2. The van der Waals surface area contributed by atoms with Crippen LogP contribution in [0.25, 0.3) is 10.9 Å². The number of ether oxygens (including phenoxy) is 5. The van der Waals surface area contributed by atoms with Crippen molar-refractivity contribution in [3.63, 3.8) is 0 Å². The van der Waals surface area contributed by atoms with Crippen LogP contribution in [0.2, 0.25) is 0 Å². The van der Waals surface area contributed by atoms with Crippen LogP contribution in [0, 0.1) is 23.2 Å². The predicted molar refractivity (Wildman–Crippen MR) is 152 cm³/mol. The Bertz CT molecular complexity index is 1470. The van der Waals surface area contributed by atoms with E-state index in [4.69, 9.17) is 23.7 Å². The molecule has 10 nitrogen and oxygen atoms in total. The highest BCUT2D eigenvalue weighted by Gasteiger charge is 2.23. The van der Waals surface area contributed by atoms with Gasteiger partial charge in [-0.1, -0.05) is 11.8 Å². The second-order valence-corrected chi connectivity index (χ2v) is 9.61. The van der Waals surface area contributed by atoms with Crippen molar-refractivity contribution in [2.24, 2.45) is 0 Å². The summed E-state index contributed by atoms with van der Waals surface area (Å²) in [6.07, 6.45) is 2.47. The fourth-order valence-electron chi connectivity index (χ4n) is 4.77. The molecule has 1 N–H and O–H groups in total. The second-order valence-electron chi connectivity index (χ2n) is 9.61. The number of anilines is 2. The monoisotopic (exact) mass is 543 g/mol. The molecule has 40 heavy (non-hydrogen) atoms. The van der Waals surface area contributed by atoms with Crippen molar-refractivity contribution in [1.82, 2.24) is 14.8 Å². The Balaban J connectivity index is 1.38. The molecule has 2 aliphatic rings. The van der Waals surface area contributed by atoms with E-state index in [-0.39, 0.29) is 6.79 Å². The Kier molecular flexibility index (Phi) is 8.72. The summed E-state index contributed by atoms with van der Waals surface area (Å²) in [5, 5.41) is 14.0. The zero-order valence-electron chi connectivity index (χ0n) is 23.1. The average molecular weight is 544 g/mol. The number of nitrogens with one attached hydrogen (secondary N) is 1. The number of rotatable bonds is 9. The van der Waals surface area contributed by atoms with Gasteiger partial charge in [-0.25, -0.2) is 0 Å². The Labute approximate surface area is 234 Å². The van der Waals surface area contributed by atoms with Crippen LogP contribution >= 0.6 is 0 Å². The summed E-state index contributed by atoms with van der Waals surface area (Å²) in [5.74, 6) is 8.26. The smallest absolute Gasteiger partial charge is 0.231 e. The van der Waals surface area contributed by atoms with Crippen LogP contribution in [-0.2, 0) is 4.74 Å². The third kappa shape index (κ3) is 6.00. The fourth-order valence-corrected chi connectivity index (χ4v) is 4.77. The van der Waals surface area contributed by atoms with Crippen molar-refractivity contribution in [3.8, 4) is 40.9 Å². The molecular formula is C30H33N5O5. The van der Waals surface area contributed by atoms with Gasteiger partial charge in [0.1, 0.15) is 12.7 Å². The molecule has 0 radical (unpaired) electrons. The van der Waals surface area contributed by atoms with E-state index in [0.29, 0.717) is 64.2 Å². The van der Waals surface area contributed by atoms with E-state index in [1.807, 2.05) is 24.3 Å². The highest BCUT2D eigenvalue weighted by atomic mass is 16.7. The van der Waals surface area contributed by atoms with E-state index >= 15 is 0 Å². The Morgan fingerprint density at radius 2 is 1.88 bits per heavy atom. The third-order valence-electron chi connectivity index (χ3n) is 6.96. The van der Waals surface area contributed by atoms with Crippen molar-refractivity contribution >= 4 is 22.3 Å². The van der Waals surface area contributed by atoms with Crippen molar-refractivity contribution in [3.05, 3.63) is 41.6 Å². The summed E-state index contributed by atoms with van der Waals surface area (Å²) in [7, 11) is 5.36. The summed E-state index contributed by atoms with van der Waals surface area (Å²) in [6.45, 7) is 6.32. The molecule has 1 fully saturated rings. The van der Waals surface area contributed by atoms with Gasteiger partial charge in [0.15, 0.2) is 23.0 Å². The van der Waals surface area contributed by atoms with Crippen LogP contribution in [0.5, 0.6) is 23.0 Å². The minimum atomic E-state index is 0.0819. The normalized spacial score (nSPS) is 14.8. The Hall–Kier alpha value is -4.22. The molecular weight excluding hydrogens is 510 g/mol. The number of benzene rings is 2. The van der Waals surface area contributed by atoms with E-state index < -0.39 is 0 Å². The summed E-state index contributed by atoms with van der Waals surface area (Å²) in [4.78, 5) is 9.35. The fraction of sp³-hybridized carbons (Fsp3) is 0.400. The first-order valence-electron chi connectivity index (χ1n) is 13.2. The number of likely N-dealkylation sites (N-methyl/N-ethyl adjacent to an activating group) is 1. The predicted octanol–water partition coefficient (Wildman–Crippen LogP) is 3.60. The maximum atomic E-state index is 9.88. The van der Waals surface area contributed by atoms with Crippen LogP contribution in [-0.4, -0.2) is 88.8 Å². The molecule has 1 saturated heterocycles. The number of aromatic nitrogens is 1. The molecule has 208 valence electrons. The van der Waals surface area contributed by atoms with Gasteiger partial charge in [0.05, 0.1) is 41.7 Å². The first kappa shape index (κ1) is 27.4. The van der Waals surface area contributed by atoms with Gasteiger partial charge in [-0.05, 0) is 31.7 Å². The molecule has 0 atom stereocenters. The van der Waals surface area contributed by atoms with Crippen molar-refractivity contribution < 1.29 is 23.7 Å². The molecule has 0 saturated carbocycles. The van der Waals surface area contributed by atoms with Crippen molar-refractivity contribution in [2.45, 2.75) is 6.42 Å². The quantitative estimate of drug-likeness (QED) is 0.318. The van der Waals surface area contributed by atoms with Gasteiger partial charge >= 0.3 is 0 Å². The van der Waals surface area contributed by atoms with E-state index in [1.54, 1.807) is 20.4 Å². The zero-order chi connectivity index (χ0) is 27.9. The summed E-state index contributed by atoms with van der Waals surface area (Å²) in [5.41, 5.74) is 2.99. The van der Waals surface area contributed by atoms with E-state index in [1.165, 1.54) is 0 Å². The minimum absolute atomic E-state index is 0.0819. The van der Waals surface area contributed by atoms with Crippen molar-refractivity contribution in [2.75, 3.05) is 79.3 Å². The van der Waals surface area contributed by atoms with Gasteiger partial charge in [0, 0.05) is 57.5 Å². The van der Waals surface area contributed by atoms with Gasteiger partial charge in [0.25, 0.3) is 0 Å². The third-order valence-corrected chi connectivity index (χ3v) is 6.96. The van der Waals surface area contributed by atoms with Crippen molar-refractivity contribution in [1.29, 1.82) is 5.26 Å². The largest absolute Gasteiger partial charge is 0.493 e. The van der Waals surface area contributed by atoms with Gasteiger partial charge in [-0.3, -0.25) is 4.98 Å². The summed E-state index contributed by atoms with van der Waals surface area (Å²) >= 11 is 0. The average Bonchev–Trinajstić information content (AvgIpc) is 3.48. The first-order chi connectivity index (χ1) is 19.6. The molecule has 3 aromatic rings. The summed E-state index contributed by atoms with van der Waals surface area (Å²) in [6, 6.07) is 9.65. The van der Waals surface area contributed by atoms with Crippen LogP contribution in [0.1, 0.15) is 17.5 Å². The number of hydrogen-bond donors (Lipinski definition) is 1. The van der Waals surface area contributed by atoms with Gasteiger partial charge in [0.2, 0.25) is 6.79 Å². The molecule has 5 rings (SSSR count). The minimum Gasteiger partial charge on any atom is -0.493 e. The molecule has 2 aromatic carbocycles. The van der Waals surface area contributed by atoms with E-state index in [9.17, 15) is 5.26 Å². The van der Waals surface area contributed by atoms with E-state index in [0.717, 1.165) is 44.5 Å². The lowest BCUT2D eigenvalue weighted by atomic mass is 10.1. The maximum absolute atomic E-state index is 9.88. The second kappa shape index (κ2) is 12.8. The highest BCUT2D eigenvalue weighted by Crippen LogP contribution is 2.44. The number of fused-ring (bicyclic) bond motifs is 2. The molecule has 10 heteroatoms. The van der Waals surface area contributed by atoms with Crippen LogP contribution < -0.4 is 24.3 Å².